The zero-order chi connectivity index (χ0) is 16.9. The van der Waals surface area contributed by atoms with E-state index in [4.69, 9.17) is 0 Å². The van der Waals surface area contributed by atoms with E-state index in [2.05, 4.69) is 34.7 Å². The van der Waals surface area contributed by atoms with Crippen molar-refractivity contribution in [3.63, 3.8) is 0 Å². The fourth-order valence-corrected chi connectivity index (χ4v) is 3.86. The fraction of sp³-hybridized carbons (Fsp3) is 0.778. The van der Waals surface area contributed by atoms with Crippen molar-refractivity contribution in [2.24, 2.45) is 0 Å². The Morgan fingerprint density at radius 3 is 2.50 bits per heavy atom. The standard InChI is InChI=1S/C18H31N5O/c1-20(2)9-5-12-21-15-8-19-17(21)16-6-13-23(14-7-16)18(24)22-10-3-4-11-22/h8,15-16H,3-7,9-14H2,1-2H3. The molecular formula is C18H31N5O. The molecule has 3 rings (SSSR count). The van der Waals surface area contributed by atoms with Crippen LogP contribution in [0.25, 0.3) is 0 Å². The number of carbonyl (C=O) groups is 1. The molecule has 2 aliphatic heterocycles. The molecule has 2 saturated heterocycles. The van der Waals surface area contributed by atoms with Crippen molar-refractivity contribution in [1.29, 1.82) is 0 Å². The molecule has 0 atom stereocenters. The van der Waals surface area contributed by atoms with E-state index in [1.807, 2.05) is 16.0 Å². The lowest BCUT2D eigenvalue weighted by Gasteiger charge is -2.34. The van der Waals surface area contributed by atoms with Gasteiger partial charge in [-0.3, -0.25) is 0 Å². The molecule has 0 spiro atoms. The van der Waals surface area contributed by atoms with Gasteiger partial charge in [0.2, 0.25) is 0 Å². The summed E-state index contributed by atoms with van der Waals surface area (Å²) in [7, 11) is 4.23. The highest BCUT2D eigenvalue weighted by Crippen LogP contribution is 2.28. The molecule has 2 fully saturated rings. The highest BCUT2D eigenvalue weighted by Gasteiger charge is 2.29. The van der Waals surface area contributed by atoms with Crippen molar-refractivity contribution in [2.45, 2.75) is 44.6 Å². The largest absolute Gasteiger partial charge is 0.335 e. The van der Waals surface area contributed by atoms with Crippen LogP contribution in [-0.2, 0) is 6.54 Å². The van der Waals surface area contributed by atoms with Crippen molar-refractivity contribution in [3.8, 4) is 0 Å². The summed E-state index contributed by atoms with van der Waals surface area (Å²) >= 11 is 0. The van der Waals surface area contributed by atoms with Gasteiger partial charge in [-0.15, -0.1) is 0 Å². The SMILES string of the molecule is CN(C)CCCn1ccnc1C1CCN(C(=O)N2CCCC2)CC1. The third-order valence-corrected chi connectivity index (χ3v) is 5.26. The third-order valence-electron chi connectivity index (χ3n) is 5.26. The summed E-state index contributed by atoms with van der Waals surface area (Å²) in [5.74, 6) is 1.70. The molecule has 2 amide bonds. The van der Waals surface area contributed by atoms with Crippen molar-refractivity contribution in [1.82, 2.24) is 24.3 Å². The Balaban J connectivity index is 1.51. The van der Waals surface area contributed by atoms with Crippen molar-refractivity contribution >= 4 is 6.03 Å². The molecule has 1 aromatic heterocycles. The van der Waals surface area contributed by atoms with E-state index in [1.54, 1.807) is 0 Å². The smallest absolute Gasteiger partial charge is 0.319 e. The molecule has 0 bridgehead atoms. The van der Waals surface area contributed by atoms with Crippen LogP contribution in [0.1, 0.15) is 43.8 Å². The predicted octanol–water partition coefficient (Wildman–Crippen LogP) is 2.23. The van der Waals surface area contributed by atoms with Crippen LogP contribution in [0.2, 0.25) is 0 Å². The number of aryl methyl sites for hydroxylation is 1. The van der Waals surface area contributed by atoms with Crippen LogP contribution >= 0.6 is 0 Å². The van der Waals surface area contributed by atoms with Crippen LogP contribution in [0.15, 0.2) is 12.4 Å². The number of hydrogen-bond donors (Lipinski definition) is 0. The first-order chi connectivity index (χ1) is 11.6. The number of carbonyl (C=O) groups excluding carboxylic acids is 1. The van der Waals surface area contributed by atoms with Crippen LogP contribution in [0.3, 0.4) is 0 Å². The number of rotatable bonds is 5. The number of aromatic nitrogens is 2. The van der Waals surface area contributed by atoms with Gasteiger partial charge >= 0.3 is 6.03 Å². The summed E-state index contributed by atoms with van der Waals surface area (Å²) in [5.41, 5.74) is 0. The summed E-state index contributed by atoms with van der Waals surface area (Å²) < 4.78 is 2.31. The van der Waals surface area contributed by atoms with Gasteiger partial charge in [0.15, 0.2) is 0 Å². The molecule has 0 aliphatic carbocycles. The van der Waals surface area contributed by atoms with Gasteiger partial charge in [-0.2, -0.15) is 0 Å². The molecule has 0 unspecified atom stereocenters. The van der Waals surface area contributed by atoms with Crippen molar-refractivity contribution < 1.29 is 4.79 Å². The number of urea groups is 1. The second-order valence-corrected chi connectivity index (χ2v) is 7.37. The number of nitrogens with zero attached hydrogens (tertiary/aromatic N) is 5. The van der Waals surface area contributed by atoms with Gasteiger partial charge in [0, 0.05) is 51.0 Å². The van der Waals surface area contributed by atoms with Gasteiger partial charge in [-0.1, -0.05) is 0 Å². The Hall–Kier alpha value is -1.56. The predicted molar refractivity (Wildman–Crippen MR) is 95.1 cm³/mol. The highest BCUT2D eigenvalue weighted by molar-refractivity contribution is 5.74. The molecule has 3 heterocycles. The minimum Gasteiger partial charge on any atom is -0.335 e. The molecule has 2 aliphatic rings. The normalized spacial score (nSPS) is 19.5. The van der Waals surface area contributed by atoms with Gasteiger partial charge < -0.3 is 19.3 Å². The van der Waals surface area contributed by atoms with Crippen LogP contribution in [0.4, 0.5) is 4.79 Å². The zero-order valence-corrected chi connectivity index (χ0v) is 15.2. The van der Waals surface area contributed by atoms with Gasteiger partial charge in [0.25, 0.3) is 0 Å². The second kappa shape index (κ2) is 8.01. The number of imidazole rings is 1. The molecule has 0 aromatic carbocycles. The maximum Gasteiger partial charge on any atom is 0.319 e. The molecule has 24 heavy (non-hydrogen) atoms. The summed E-state index contributed by atoms with van der Waals surface area (Å²) in [6.07, 6.45) is 9.55. The van der Waals surface area contributed by atoms with Crippen molar-refractivity contribution in [2.75, 3.05) is 46.8 Å². The lowest BCUT2D eigenvalue weighted by molar-refractivity contribution is 0.147. The number of hydrogen-bond acceptors (Lipinski definition) is 3. The maximum atomic E-state index is 12.5. The Labute approximate surface area is 145 Å². The van der Waals surface area contributed by atoms with E-state index in [9.17, 15) is 4.79 Å². The second-order valence-electron chi connectivity index (χ2n) is 7.37. The molecule has 0 radical (unpaired) electrons. The van der Waals surface area contributed by atoms with E-state index >= 15 is 0 Å². The third kappa shape index (κ3) is 4.09. The van der Waals surface area contributed by atoms with Crippen LogP contribution in [-0.4, -0.2) is 77.1 Å². The van der Waals surface area contributed by atoms with E-state index in [0.717, 1.165) is 71.4 Å². The first kappa shape index (κ1) is 17.3. The minimum atomic E-state index is 0.250. The Kier molecular flexibility index (Phi) is 5.76. The van der Waals surface area contributed by atoms with Gasteiger partial charge in [-0.05, 0) is 52.7 Å². The topological polar surface area (TPSA) is 44.6 Å². The monoisotopic (exact) mass is 333 g/mol. The zero-order valence-electron chi connectivity index (χ0n) is 15.2. The van der Waals surface area contributed by atoms with Crippen LogP contribution in [0.5, 0.6) is 0 Å². The lowest BCUT2D eigenvalue weighted by atomic mass is 9.96. The first-order valence-corrected chi connectivity index (χ1v) is 9.35. The number of piperidine rings is 1. The van der Waals surface area contributed by atoms with E-state index in [0.29, 0.717) is 5.92 Å². The molecule has 0 saturated carbocycles. The summed E-state index contributed by atoms with van der Waals surface area (Å²) in [6.45, 7) is 5.74. The fourth-order valence-electron chi connectivity index (χ4n) is 3.86. The Bertz CT molecular complexity index is 527. The van der Waals surface area contributed by atoms with Crippen LogP contribution in [0, 0.1) is 0 Å². The lowest BCUT2D eigenvalue weighted by Crippen LogP contribution is -2.45. The number of likely N-dealkylation sites (tertiary alicyclic amines) is 2. The van der Waals surface area contributed by atoms with E-state index < -0.39 is 0 Å². The van der Waals surface area contributed by atoms with Gasteiger partial charge in [0.05, 0.1) is 0 Å². The van der Waals surface area contributed by atoms with Crippen molar-refractivity contribution in [3.05, 3.63) is 18.2 Å². The summed E-state index contributed by atoms with van der Waals surface area (Å²) in [6, 6.07) is 0.250. The first-order valence-electron chi connectivity index (χ1n) is 9.35. The van der Waals surface area contributed by atoms with E-state index in [1.165, 1.54) is 5.82 Å². The minimum absolute atomic E-state index is 0.250. The molecular weight excluding hydrogens is 302 g/mol. The molecule has 6 nitrogen and oxygen atoms in total. The van der Waals surface area contributed by atoms with Gasteiger partial charge in [-0.25, -0.2) is 9.78 Å². The highest BCUT2D eigenvalue weighted by atomic mass is 16.2. The molecule has 1 aromatic rings. The Morgan fingerprint density at radius 2 is 1.83 bits per heavy atom. The molecule has 134 valence electrons. The molecule has 6 heteroatoms. The van der Waals surface area contributed by atoms with Crippen LogP contribution < -0.4 is 0 Å². The quantitative estimate of drug-likeness (QED) is 0.830. The summed E-state index contributed by atoms with van der Waals surface area (Å²) in [4.78, 5) is 23.4. The molecule has 0 N–H and O–H groups in total. The average Bonchev–Trinajstić information content (AvgIpc) is 3.26. The average molecular weight is 333 g/mol. The van der Waals surface area contributed by atoms with Gasteiger partial charge in [0.1, 0.15) is 5.82 Å². The summed E-state index contributed by atoms with van der Waals surface area (Å²) in [5, 5.41) is 0. The number of amides is 2. The Morgan fingerprint density at radius 1 is 1.17 bits per heavy atom. The van der Waals surface area contributed by atoms with E-state index in [-0.39, 0.29) is 6.03 Å². The maximum absolute atomic E-state index is 12.5.